The molecule has 1 aliphatic rings. The van der Waals surface area contributed by atoms with Crippen LogP contribution in [0.15, 0.2) is 24.3 Å². The van der Waals surface area contributed by atoms with Gasteiger partial charge in [0.05, 0.1) is 5.41 Å². The predicted molar refractivity (Wildman–Crippen MR) is 75.3 cm³/mol. The molecule has 1 amide bonds. The molecule has 1 saturated carbocycles. The Labute approximate surface area is 122 Å². The fourth-order valence-corrected chi connectivity index (χ4v) is 2.64. The van der Waals surface area contributed by atoms with E-state index in [0.29, 0.717) is 18.0 Å². The summed E-state index contributed by atoms with van der Waals surface area (Å²) in [4.78, 5) is 11.9. The summed E-state index contributed by atoms with van der Waals surface area (Å²) in [6.07, 6.45) is 1.27. The Morgan fingerprint density at radius 2 is 1.89 bits per heavy atom. The maximum Gasteiger partial charge on any atom is 0.229 e. The lowest BCUT2D eigenvalue weighted by Gasteiger charge is -2.12. The fourth-order valence-electron chi connectivity index (χ4n) is 1.81. The number of hydrogen-bond acceptors (Lipinski definition) is 1. The van der Waals surface area contributed by atoms with Crippen molar-refractivity contribution in [2.75, 3.05) is 6.54 Å². The zero-order valence-corrected chi connectivity index (χ0v) is 12.2. The first-order chi connectivity index (χ1) is 8.35. The Hall–Kier alpha value is -0.440. The summed E-state index contributed by atoms with van der Waals surface area (Å²) in [7, 11) is 0. The average molecular weight is 307 g/mol. The zero-order valence-electron chi connectivity index (χ0n) is 9.97. The van der Waals surface area contributed by atoms with Gasteiger partial charge in [-0.15, -0.1) is 23.2 Å². The van der Waals surface area contributed by atoms with Crippen molar-refractivity contribution in [3.05, 3.63) is 34.9 Å². The molecule has 0 bridgehead atoms. The van der Waals surface area contributed by atoms with Gasteiger partial charge in [-0.1, -0.05) is 23.7 Å². The lowest BCUT2D eigenvalue weighted by Crippen LogP contribution is -2.34. The second-order valence-electron chi connectivity index (χ2n) is 4.85. The van der Waals surface area contributed by atoms with E-state index in [-0.39, 0.29) is 5.91 Å². The van der Waals surface area contributed by atoms with Crippen molar-refractivity contribution in [2.45, 2.75) is 24.1 Å². The van der Waals surface area contributed by atoms with Crippen molar-refractivity contribution >= 4 is 40.7 Å². The maximum absolute atomic E-state index is 11.9. The number of hydrogen-bond donors (Lipinski definition) is 1. The van der Waals surface area contributed by atoms with Gasteiger partial charge in [0.2, 0.25) is 5.91 Å². The van der Waals surface area contributed by atoms with Gasteiger partial charge in [0.1, 0.15) is 4.33 Å². The molecule has 0 aliphatic heterocycles. The summed E-state index contributed by atoms with van der Waals surface area (Å²) in [5.74, 6) is -0.0820. The first-order valence-corrected chi connectivity index (χ1v) is 6.89. The minimum Gasteiger partial charge on any atom is -0.355 e. The molecule has 5 heteroatoms. The normalized spacial score (nSPS) is 24.7. The summed E-state index contributed by atoms with van der Waals surface area (Å²) in [6, 6.07) is 7.56. The summed E-state index contributed by atoms with van der Waals surface area (Å²) >= 11 is 17.7. The van der Waals surface area contributed by atoms with E-state index in [9.17, 15) is 4.79 Å². The summed E-state index contributed by atoms with van der Waals surface area (Å²) in [5, 5.41) is 3.57. The van der Waals surface area contributed by atoms with Crippen LogP contribution in [-0.4, -0.2) is 16.8 Å². The van der Waals surface area contributed by atoms with E-state index in [2.05, 4.69) is 5.32 Å². The second-order valence-corrected chi connectivity index (χ2v) is 6.77. The van der Waals surface area contributed by atoms with E-state index in [1.165, 1.54) is 0 Å². The van der Waals surface area contributed by atoms with Gasteiger partial charge >= 0.3 is 0 Å². The standard InChI is InChI=1S/C13H14Cl3NO/c1-12(8-13(12,15)16)11(18)17-7-6-9-2-4-10(14)5-3-9/h2-5H,6-8H2,1H3,(H,17,18). The highest BCUT2D eigenvalue weighted by Gasteiger charge is 2.67. The predicted octanol–water partition coefficient (Wildman–Crippen LogP) is 3.58. The van der Waals surface area contributed by atoms with Crippen LogP contribution < -0.4 is 5.32 Å². The van der Waals surface area contributed by atoms with Crippen LogP contribution in [0.1, 0.15) is 18.9 Å². The molecule has 1 aromatic rings. The van der Waals surface area contributed by atoms with Gasteiger partial charge in [-0.25, -0.2) is 0 Å². The van der Waals surface area contributed by atoms with E-state index in [4.69, 9.17) is 34.8 Å². The molecule has 0 heterocycles. The van der Waals surface area contributed by atoms with Crippen LogP contribution in [0.3, 0.4) is 0 Å². The minimum atomic E-state index is -0.905. The Balaban J connectivity index is 1.80. The van der Waals surface area contributed by atoms with Gasteiger partial charge in [0.15, 0.2) is 0 Å². The van der Waals surface area contributed by atoms with E-state index < -0.39 is 9.75 Å². The minimum absolute atomic E-state index is 0.0820. The quantitative estimate of drug-likeness (QED) is 0.846. The number of amides is 1. The third kappa shape index (κ3) is 2.76. The first-order valence-electron chi connectivity index (χ1n) is 5.76. The van der Waals surface area contributed by atoms with Crippen molar-refractivity contribution in [1.82, 2.24) is 5.32 Å². The van der Waals surface area contributed by atoms with E-state index in [1.54, 1.807) is 6.92 Å². The van der Waals surface area contributed by atoms with Crippen molar-refractivity contribution in [1.29, 1.82) is 0 Å². The van der Waals surface area contributed by atoms with Crippen LogP contribution in [-0.2, 0) is 11.2 Å². The molecule has 98 valence electrons. The number of carbonyl (C=O) groups is 1. The molecule has 1 atom stereocenters. The molecule has 1 unspecified atom stereocenters. The highest BCUT2D eigenvalue weighted by Crippen LogP contribution is 2.63. The Bertz CT molecular complexity index is 458. The summed E-state index contributed by atoms with van der Waals surface area (Å²) in [6.45, 7) is 2.35. The molecular weight excluding hydrogens is 293 g/mol. The van der Waals surface area contributed by atoms with Gasteiger partial charge in [-0.3, -0.25) is 4.79 Å². The van der Waals surface area contributed by atoms with Gasteiger partial charge < -0.3 is 5.32 Å². The maximum atomic E-state index is 11.9. The highest BCUT2D eigenvalue weighted by atomic mass is 35.5. The van der Waals surface area contributed by atoms with Crippen molar-refractivity contribution in [3.63, 3.8) is 0 Å². The molecule has 1 N–H and O–H groups in total. The van der Waals surface area contributed by atoms with E-state index in [0.717, 1.165) is 12.0 Å². The molecule has 18 heavy (non-hydrogen) atoms. The number of rotatable bonds is 4. The Kier molecular flexibility index (Phi) is 3.82. The molecule has 0 aromatic heterocycles. The topological polar surface area (TPSA) is 29.1 Å². The molecule has 0 spiro atoms. The van der Waals surface area contributed by atoms with E-state index in [1.807, 2.05) is 24.3 Å². The lowest BCUT2D eigenvalue weighted by atomic mass is 10.1. The average Bonchev–Trinajstić information content (AvgIpc) is 2.82. The molecule has 0 radical (unpaired) electrons. The first kappa shape index (κ1) is 14.0. The third-order valence-corrected chi connectivity index (χ3v) is 4.72. The SMILES string of the molecule is CC1(C(=O)NCCc2ccc(Cl)cc2)CC1(Cl)Cl. The molecule has 2 rings (SSSR count). The van der Waals surface area contributed by atoms with Gasteiger partial charge in [-0.2, -0.15) is 0 Å². The van der Waals surface area contributed by atoms with Crippen LogP contribution in [0.2, 0.25) is 5.02 Å². The van der Waals surface area contributed by atoms with Crippen LogP contribution in [0, 0.1) is 5.41 Å². The molecule has 2 nitrogen and oxygen atoms in total. The second kappa shape index (κ2) is 4.92. The highest BCUT2D eigenvalue weighted by molar-refractivity contribution is 6.53. The van der Waals surface area contributed by atoms with E-state index >= 15 is 0 Å². The van der Waals surface area contributed by atoms with Gasteiger partial charge in [-0.05, 0) is 37.5 Å². The number of benzene rings is 1. The smallest absolute Gasteiger partial charge is 0.229 e. The number of carbonyl (C=O) groups excluding carboxylic acids is 1. The largest absolute Gasteiger partial charge is 0.355 e. The summed E-state index contributed by atoms with van der Waals surface area (Å²) in [5.41, 5.74) is 0.486. The van der Waals surface area contributed by atoms with Crippen LogP contribution >= 0.6 is 34.8 Å². The lowest BCUT2D eigenvalue weighted by molar-refractivity contribution is -0.125. The number of alkyl halides is 2. The van der Waals surface area contributed by atoms with Crippen molar-refractivity contribution in [2.24, 2.45) is 5.41 Å². The third-order valence-electron chi connectivity index (χ3n) is 3.37. The number of halogens is 3. The molecule has 1 fully saturated rings. The monoisotopic (exact) mass is 305 g/mol. The van der Waals surface area contributed by atoms with Crippen LogP contribution in [0.4, 0.5) is 0 Å². The molecule has 1 aromatic carbocycles. The van der Waals surface area contributed by atoms with Crippen molar-refractivity contribution < 1.29 is 4.79 Å². The molecular formula is C13H14Cl3NO. The fraction of sp³-hybridized carbons (Fsp3) is 0.462. The molecule has 1 aliphatic carbocycles. The van der Waals surface area contributed by atoms with Crippen LogP contribution in [0.25, 0.3) is 0 Å². The Morgan fingerprint density at radius 1 is 1.33 bits per heavy atom. The van der Waals surface area contributed by atoms with Gasteiger partial charge in [0.25, 0.3) is 0 Å². The van der Waals surface area contributed by atoms with Gasteiger partial charge in [0, 0.05) is 11.6 Å². The molecule has 0 saturated heterocycles. The Morgan fingerprint density at radius 3 is 2.39 bits per heavy atom. The van der Waals surface area contributed by atoms with Crippen LogP contribution in [0.5, 0.6) is 0 Å². The number of nitrogens with one attached hydrogen (secondary N) is 1. The van der Waals surface area contributed by atoms with Crippen molar-refractivity contribution in [3.8, 4) is 0 Å². The summed E-state index contributed by atoms with van der Waals surface area (Å²) < 4.78 is -0.905. The zero-order chi connectivity index (χ0) is 13.4.